The molecule has 2 aromatic carbocycles. The molecule has 0 bridgehead atoms. The monoisotopic (exact) mass is 374 g/mol. The molecule has 2 aromatic rings. The average molecular weight is 374 g/mol. The second-order valence-electron chi connectivity index (χ2n) is 7.61. The van der Waals surface area contributed by atoms with Gasteiger partial charge in [0, 0.05) is 19.0 Å². The zero-order chi connectivity index (χ0) is 19.1. The van der Waals surface area contributed by atoms with Crippen LogP contribution in [-0.2, 0) is 14.3 Å². The Labute approximate surface area is 164 Å². The summed E-state index contributed by atoms with van der Waals surface area (Å²) >= 11 is 0. The van der Waals surface area contributed by atoms with Crippen molar-refractivity contribution in [3.05, 3.63) is 77.9 Å². The number of hydrogen-bond acceptors (Lipinski definition) is 3. The molecule has 3 heterocycles. The van der Waals surface area contributed by atoms with E-state index < -0.39 is 5.72 Å². The third-order valence-corrected chi connectivity index (χ3v) is 6.10. The Kier molecular flexibility index (Phi) is 4.05. The Morgan fingerprint density at radius 1 is 1.07 bits per heavy atom. The fraction of sp³-hybridized carbons (Fsp3) is 0.304. The van der Waals surface area contributed by atoms with Gasteiger partial charge in [-0.2, -0.15) is 0 Å². The molecule has 0 aliphatic carbocycles. The molecule has 2 amide bonds. The molecule has 5 rings (SSSR count). The van der Waals surface area contributed by atoms with E-state index in [0.717, 1.165) is 11.1 Å². The lowest BCUT2D eigenvalue weighted by molar-refractivity contribution is -0.141. The standard InChI is InChI=1S/C23H22N2O3/c26-21(12-11-17-7-3-1-4-8-17)24-14-13-23-20(24)15-22(27)25(23)16-19(28-23)18-9-5-2-6-10-18/h1-12,19-20H,13-16H2/t19-,20+,23-/m0/s1. The lowest BCUT2D eigenvalue weighted by Gasteiger charge is -2.31. The predicted molar refractivity (Wildman–Crippen MR) is 105 cm³/mol. The van der Waals surface area contributed by atoms with Crippen LogP contribution in [-0.4, -0.2) is 46.5 Å². The number of rotatable bonds is 3. The van der Waals surface area contributed by atoms with E-state index in [1.165, 1.54) is 0 Å². The van der Waals surface area contributed by atoms with E-state index in [2.05, 4.69) is 0 Å². The van der Waals surface area contributed by atoms with Crippen LogP contribution in [0.4, 0.5) is 0 Å². The third kappa shape index (κ3) is 2.66. The van der Waals surface area contributed by atoms with E-state index in [9.17, 15) is 9.59 Å². The molecule has 5 heteroatoms. The number of nitrogens with zero attached hydrogens (tertiary/aromatic N) is 2. The zero-order valence-electron chi connectivity index (χ0n) is 15.5. The summed E-state index contributed by atoms with van der Waals surface area (Å²) in [6, 6.07) is 19.5. The quantitative estimate of drug-likeness (QED) is 0.776. The van der Waals surface area contributed by atoms with Crippen LogP contribution >= 0.6 is 0 Å². The molecule has 28 heavy (non-hydrogen) atoms. The van der Waals surface area contributed by atoms with E-state index in [-0.39, 0.29) is 24.0 Å². The van der Waals surface area contributed by atoms with Crippen LogP contribution in [0.2, 0.25) is 0 Å². The van der Waals surface area contributed by atoms with Crippen LogP contribution in [0.1, 0.15) is 30.1 Å². The maximum Gasteiger partial charge on any atom is 0.247 e. The van der Waals surface area contributed by atoms with E-state index in [0.29, 0.717) is 25.9 Å². The number of ether oxygens (including phenoxy) is 1. The summed E-state index contributed by atoms with van der Waals surface area (Å²) in [4.78, 5) is 29.2. The summed E-state index contributed by atoms with van der Waals surface area (Å²) < 4.78 is 6.48. The fourth-order valence-electron chi connectivity index (χ4n) is 4.76. The van der Waals surface area contributed by atoms with E-state index in [1.54, 1.807) is 6.08 Å². The Morgan fingerprint density at radius 3 is 2.54 bits per heavy atom. The highest BCUT2D eigenvalue weighted by Crippen LogP contribution is 2.50. The zero-order valence-corrected chi connectivity index (χ0v) is 15.5. The van der Waals surface area contributed by atoms with Crippen LogP contribution in [0.25, 0.3) is 6.08 Å². The SMILES string of the molecule is O=C(C=Cc1ccccc1)N1CC[C@@]23O[C@H](c4ccccc4)CN2C(=O)C[C@@H]13. The van der Waals surface area contributed by atoms with E-state index in [4.69, 9.17) is 4.74 Å². The first kappa shape index (κ1) is 17.2. The topological polar surface area (TPSA) is 49.9 Å². The van der Waals surface area contributed by atoms with Crippen molar-refractivity contribution >= 4 is 17.9 Å². The highest BCUT2D eigenvalue weighted by molar-refractivity contribution is 5.93. The van der Waals surface area contributed by atoms with Gasteiger partial charge in [0.1, 0.15) is 6.10 Å². The molecule has 3 aliphatic heterocycles. The highest BCUT2D eigenvalue weighted by Gasteiger charge is 2.64. The average Bonchev–Trinajstić information content (AvgIpc) is 3.36. The van der Waals surface area contributed by atoms with Crippen LogP contribution in [0, 0.1) is 0 Å². The number of hydrogen-bond donors (Lipinski definition) is 0. The van der Waals surface area contributed by atoms with E-state index in [1.807, 2.05) is 76.5 Å². The number of benzene rings is 2. The Balaban J connectivity index is 1.37. The first-order valence-corrected chi connectivity index (χ1v) is 9.74. The normalized spacial score (nSPS) is 28.8. The largest absolute Gasteiger partial charge is 0.343 e. The van der Waals surface area contributed by atoms with Gasteiger partial charge in [0.2, 0.25) is 11.8 Å². The molecule has 0 saturated carbocycles. The second-order valence-corrected chi connectivity index (χ2v) is 7.61. The molecule has 3 aliphatic rings. The second kappa shape index (κ2) is 6.60. The lowest BCUT2D eigenvalue weighted by Crippen LogP contribution is -2.48. The number of carbonyl (C=O) groups is 2. The molecule has 0 unspecified atom stereocenters. The van der Waals surface area contributed by atoms with Gasteiger partial charge in [-0.25, -0.2) is 0 Å². The smallest absolute Gasteiger partial charge is 0.247 e. The summed E-state index contributed by atoms with van der Waals surface area (Å²) in [7, 11) is 0. The third-order valence-electron chi connectivity index (χ3n) is 6.10. The summed E-state index contributed by atoms with van der Waals surface area (Å²) in [6.45, 7) is 1.16. The van der Waals surface area contributed by atoms with Crippen molar-refractivity contribution in [1.29, 1.82) is 0 Å². The molecule has 3 fully saturated rings. The lowest BCUT2D eigenvalue weighted by atomic mass is 10.1. The molecule has 142 valence electrons. The fourth-order valence-corrected chi connectivity index (χ4v) is 4.76. The van der Waals surface area contributed by atoms with Gasteiger partial charge in [0.15, 0.2) is 5.72 Å². The van der Waals surface area contributed by atoms with Crippen molar-refractivity contribution in [3.8, 4) is 0 Å². The van der Waals surface area contributed by atoms with Crippen molar-refractivity contribution in [2.24, 2.45) is 0 Å². The Morgan fingerprint density at radius 2 is 1.79 bits per heavy atom. The van der Waals surface area contributed by atoms with Gasteiger partial charge in [0.25, 0.3) is 0 Å². The van der Waals surface area contributed by atoms with Gasteiger partial charge < -0.3 is 14.5 Å². The summed E-state index contributed by atoms with van der Waals surface area (Å²) in [6.07, 6.45) is 4.29. The molecule has 5 nitrogen and oxygen atoms in total. The Bertz CT molecular complexity index is 927. The summed E-state index contributed by atoms with van der Waals surface area (Å²) in [5.41, 5.74) is 1.38. The first-order chi connectivity index (χ1) is 13.7. The summed E-state index contributed by atoms with van der Waals surface area (Å²) in [5.74, 6) is 0.0140. The Hall–Kier alpha value is -2.92. The molecule has 1 spiro atoms. The van der Waals surface area contributed by atoms with Gasteiger partial charge in [-0.3, -0.25) is 9.59 Å². The van der Waals surface area contributed by atoms with Crippen LogP contribution in [0.5, 0.6) is 0 Å². The highest BCUT2D eigenvalue weighted by atomic mass is 16.5. The molecule has 3 saturated heterocycles. The number of likely N-dealkylation sites (tertiary alicyclic amines) is 1. The molecule has 0 radical (unpaired) electrons. The van der Waals surface area contributed by atoms with Crippen LogP contribution in [0.15, 0.2) is 66.7 Å². The molecular formula is C23H22N2O3. The maximum atomic E-state index is 12.9. The maximum absolute atomic E-state index is 12.9. The van der Waals surface area contributed by atoms with Gasteiger partial charge in [0.05, 0.1) is 19.0 Å². The van der Waals surface area contributed by atoms with Crippen molar-refractivity contribution < 1.29 is 14.3 Å². The number of amides is 2. The predicted octanol–water partition coefficient (Wildman–Crippen LogP) is 3.00. The van der Waals surface area contributed by atoms with Crippen molar-refractivity contribution in [3.63, 3.8) is 0 Å². The van der Waals surface area contributed by atoms with Gasteiger partial charge >= 0.3 is 0 Å². The number of carbonyl (C=O) groups excluding carboxylic acids is 2. The molecule has 0 aromatic heterocycles. The molecule has 0 N–H and O–H groups in total. The molecular weight excluding hydrogens is 352 g/mol. The minimum absolute atomic E-state index is 0.0628. The van der Waals surface area contributed by atoms with Gasteiger partial charge in [-0.05, 0) is 17.2 Å². The van der Waals surface area contributed by atoms with Gasteiger partial charge in [-0.1, -0.05) is 60.7 Å². The first-order valence-electron chi connectivity index (χ1n) is 9.74. The van der Waals surface area contributed by atoms with Crippen molar-refractivity contribution in [1.82, 2.24) is 9.80 Å². The van der Waals surface area contributed by atoms with Crippen LogP contribution in [0.3, 0.4) is 0 Å². The van der Waals surface area contributed by atoms with Crippen LogP contribution < -0.4 is 0 Å². The van der Waals surface area contributed by atoms with Gasteiger partial charge in [-0.15, -0.1) is 0 Å². The van der Waals surface area contributed by atoms with Crippen molar-refractivity contribution in [2.75, 3.05) is 13.1 Å². The van der Waals surface area contributed by atoms with E-state index >= 15 is 0 Å². The van der Waals surface area contributed by atoms with Crippen molar-refractivity contribution in [2.45, 2.75) is 30.7 Å². The summed E-state index contributed by atoms with van der Waals surface area (Å²) in [5, 5.41) is 0. The minimum Gasteiger partial charge on any atom is -0.343 e. The minimum atomic E-state index is -0.673. The molecule has 3 atom stereocenters.